The van der Waals surface area contributed by atoms with E-state index < -0.39 is 6.10 Å². The van der Waals surface area contributed by atoms with Crippen molar-refractivity contribution in [2.45, 2.75) is 72.0 Å². The molecule has 0 saturated heterocycles. The largest absolute Gasteiger partial charge is 0.479 e. The maximum Gasteiger partial charge on any atom is 0.347 e. The van der Waals surface area contributed by atoms with Crippen molar-refractivity contribution in [3.8, 4) is 5.75 Å². The molecule has 3 nitrogen and oxygen atoms in total. The molecule has 0 aliphatic carbocycles. The zero-order chi connectivity index (χ0) is 16.5. The van der Waals surface area contributed by atoms with Crippen LogP contribution in [-0.4, -0.2) is 18.2 Å². The number of rotatable bonds is 9. The first-order valence-electron chi connectivity index (χ1n) is 8.07. The molecule has 22 heavy (non-hydrogen) atoms. The van der Waals surface area contributed by atoms with Gasteiger partial charge in [0.05, 0.1) is 6.10 Å². The molecule has 0 amide bonds. The van der Waals surface area contributed by atoms with E-state index in [4.69, 9.17) is 21.1 Å². The van der Waals surface area contributed by atoms with Crippen LogP contribution in [0.5, 0.6) is 5.75 Å². The van der Waals surface area contributed by atoms with Gasteiger partial charge in [0.25, 0.3) is 0 Å². The molecule has 4 heteroatoms. The molecule has 0 aromatic heterocycles. The Balaban J connectivity index is 2.41. The van der Waals surface area contributed by atoms with Gasteiger partial charge in [0.1, 0.15) is 5.75 Å². The summed E-state index contributed by atoms with van der Waals surface area (Å²) in [7, 11) is 0. The van der Waals surface area contributed by atoms with Crippen LogP contribution in [0.1, 0.15) is 58.4 Å². The van der Waals surface area contributed by atoms with Crippen molar-refractivity contribution >= 4 is 17.6 Å². The molecule has 0 spiro atoms. The number of halogens is 1. The van der Waals surface area contributed by atoms with Crippen molar-refractivity contribution < 1.29 is 14.3 Å². The molecule has 0 aliphatic rings. The number of benzene rings is 1. The van der Waals surface area contributed by atoms with Gasteiger partial charge in [-0.15, -0.1) is 0 Å². The molecule has 0 aliphatic heterocycles. The fourth-order valence-corrected chi connectivity index (χ4v) is 2.42. The van der Waals surface area contributed by atoms with E-state index in [1.807, 2.05) is 19.9 Å². The van der Waals surface area contributed by atoms with E-state index in [0.29, 0.717) is 10.8 Å². The molecule has 2 atom stereocenters. The van der Waals surface area contributed by atoms with Gasteiger partial charge in [0, 0.05) is 5.02 Å². The molecule has 1 rings (SSSR count). The Hall–Kier alpha value is -1.22. The van der Waals surface area contributed by atoms with Crippen LogP contribution in [0.2, 0.25) is 5.02 Å². The van der Waals surface area contributed by atoms with Gasteiger partial charge in [-0.2, -0.15) is 0 Å². The number of unbranched alkanes of at least 4 members (excludes halogenated alkanes) is 3. The number of carbonyl (C=O) groups is 1. The summed E-state index contributed by atoms with van der Waals surface area (Å²) in [4.78, 5) is 12.1. The topological polar surface area (TPSA) is 35.5 Å². The van der Waals surface area contributed by atoms with E-state index in [9.17, 15) is 4.79 Å². The van der Waals surface area contributed by atoms with Crippen LogP contribution in [0.25, 0.3) is 0 Å². The molecule has 0 radical (unpaired) electrons. The summed E-state index contributed by atoms with van der Waals surface area (Å²) in [6, 6.07) is 5.33. The highest BCUT2D eigenvalue weighted by Gasteiger charge is 2.19. The van der Waals surface area contributed by atoms with Crippen molar-refractivity contribution in [1.29, 1.82) is 0 Å². The summed E-state index contributed by atoms with van der Waals surface area (Å²) >= 11 is 5.91. The maximum atomic E-state index is 12.1. The third-order valence-electron chi connectivity index (χ3n) is 3.55. The second-order valence-corrected chi connectivity index (χ2v) is 6.20. The van der Waals surface area contributed by atoms with E-state index in [2.05, 4.69) is 6.92 Å². The minimum absolute atomic E-state index is 0.0679. The molecule has 1 aromatic carbocycles. The molecule has 0 bridgehead atoms. The average molecular weight is 327 g/mol. The summed E-state index contributed by atoms with van der Waals surface area (Å²) in [6.45, 7) is 7.72. The van der Waals surface area contributed by atoms with Gasteiger partial charge in [0.15, 0.2) is 6.10 Å². The Morgan fingerprint density at radius 1 is 1.23 bits per heavy atom. The Kier molecular flexibility index (Phi) is 8.32. The minimum atomic E-state index is -0.627. The zero-order valence-corrected chi connectivity index (χ0v) is 14.8. The van der Waals surface area contributed by atoms with Gasteiger partial charge in [-0.1, -0.05) is 37.8 Å². The van der Waals surface area contributed by atoms with E-state index in [0.717, 1.165) is 18.4 Å². The van der Waals surface area contributed by atoms with Crippen molar-refractivity contribution in [3.63, 3.8) is 0 Å². The predicted molar refractivity (Wildman–Crippen MR) is 90.6 cm³/mol. The van der Waals surface area contributed by atoms with E-state index in [-0.39, 0.29) is 12.1 Å². The quantitative estimate of drug-likeness (QED) is 0.455. The van der Waals surface area contributed by atoms with Crippen molar-refractivity contribution in [2.24, 2.45) is 0 Å². The molecule has 124 valence electrons. The second-order valence-electron chi connectivity index (χ2n) is 5.77. The van der Waals surface area contributed by atoms with Gasteiger partial charge in [-0.05, 0) is 57.4 Å². The SMILES string of the molecule is CCCCCCC(C)OC(=O)C(C)Oc1ccc(Cl)cc1C. The summed E-state index contributed by atoms with van der Waals surface area (Å²) in [5.74, 6) is 0.335. The number of esters is 1. The van der Waals surface area contributed by atoms with Crippen LogP contribution in [0.15, 0.2) is 18.2 Å². The highest BCUT2D eigenvalue weighted by atomic mass is 35.5. The molecule has 0 fully saturated rings. The van der Waals surface area contributed by atoms with Crippen LogP contribution in [0.4, 0.5) is 0 Å². The van der Waals surface area contributed by atoms with E-state index in [1.165, 1.54) is 19.3 Å². The number of hydrogen-bond donors (Lipinski definition) is 0. The van der Waals surface area contributed by atoms with Crippen molar-refractivity contribution in [3.05, 3.63) is 28.8 Å². The molecule has 0 N–H and O–H groups in total. The number of ether oxygens (including phenoxy) is 2. The van der Waals surface area contributed by atoms with Gasteiger partial charge in [-0.25, -0.2) is 4.79 Å². The third kappa shape index (κ3) is 6.69. The highest BCUT2D eigenvalue weighted by molar-refractivity contribution is 6.30. The first kappa shape index (κ1) is 18.8. The standard InChI is InChI=1S/C18H27ClO3/c1-5-6-7-8-9-14(3)21-18(20)15(4)22-17-11-10-16(19)12-13(17)2/h10-12,14-15H,5-9H2,1-4H3. The lowest BCUT2D eigenvalue weighted by atomic mass is 10.1. The van der Waals surface area contributed by atoms with Crippen LogP contribution in [-0.2, 0) is 9.53 Å². The monoisotopic (exact) mass is 326 g/mol. The lowest BCUT2D eigenvalue weighted by Gasteiger charge is -2.19. The summed E-state index contributed by atoms with van der Waals surface area (Å²) in [5, 5.41) is 0.654. The molecule has 1 aromatic rings. The fourth-order valence-electron chi connectivity index (χ4n) is 2.20. The third-order valence-corrected chi connectivity index (χ3v) is 3.79. The zero-order valence-electron chi connectivity index (χ0n) is 14.0. The van der Waals surface area contributed by atoms with Gasteiger partial charge >= 0.3 is 5.97 Å². The normalized spacial score (nSPS) is 13.5. The van der Waals surface area contributed by atoms with Crippen LogP contribution >= 0.6 is 11.6 Å². The first-order valence-corrected chi connectivity index (χ1v) is 8.45. The summed E-state index contributed by atoms with van der Waals surface area (Å²) < 4.78 is 11.1. The van der Waals surface area contributed by atoms with Gasteiger partial charge in [0.2, 0.25) is 0 Å². The molecule has 0 saturated carbocycles. The minimum Gasteiger partial charge on any atom is -0.479 e. The second kappa shape index (κ2) is 9.73. The number of carbonyl (C=O) groups excluding carboxylic acids is 1. The highest BCUT2D eigenvalue weighted by Crippen LogP contribution is 2.23. The van der Waals surface area contributed by atoms with E-state index in [1.54, 1.807) is 19.1 Å². The average Bonchev–Trinajstić information content (AvgIpc) is 2.46. The van der Waals surface area contributed by atoms with Crippen LogP contribution in [0.3, 0.4) is 0 Å². The fraction of sp³-hybridized carbons (Fsp3) is 0.611. The molecule has 2 unspecified atom stereocenters. The Morgan fingerprint density at radius 3 is 2.59 bits per heavy atom. The van der Waals surface area contributed by atoms with Crippen LogP contribution in [0, 0.1) is 6.92 Å². The summed E-state index contributed by atoms with van der Waals surface area (Å²) in [6.07, 6.45) is 4.93. The lowest BCUT2D eigenvalue weighted by molar-refractivity contribution is -0.156. The first-order chi connectivity index (χ1) is 10.4. The van der Waals surface area contributed by atoms with E-state index >= 15 is 0 Å². The lowest BCUT2D eigenvalue weighted by Crippen LogP contribution is -2.29. The number of hydrogen-bond acceptors (Lipinski definition) is 3. The molecular formula is C18H27ClO3. The smallest absolute Gasteiger partial charge is 0.347 e. The maximum absolute atomic E-state index is 12.1. The van der Waals surface area contributed by atoms with Gasteiger partial charge < -0.3 is 9.47 Å². The number of aryl methyl sites for hydroxylation is 1. The Bertz CT molecular complexity index is 473. The Morgan fingerprint density at radius 2 is 1.95 bits per heavy atom. The Labute approximate surface area is 139 Å². The molecular weight excluding hydrogens is 300 g/mol. The summed E-state index contributed by atoms with van der Waals surface area (Å²) in [5.41, 5.74) is 0.903. The van der Waals surface area contributed by atoms with Crippen LogP contribution < -0.4 is 4.74 Å². The van der Waals surface area contributed by atoms with Gasteiger partial charge in [-0.3, -0.25) is 0 Å². The predicted octanol–water partition coefficient (Wildman–Crippen LogP) is 5.32. The van der Waals surface area contributed by atoms with Crippen molar-refractivity contribution in [2.75, 3.05) is 0 Å². The van der Waals surface area contributed by atoms with Crippen molar-refractivity contribution in [1.82, 2.24) is 0 Å². The molecule has 0 heterocycles.